The molecule has 0 aliphatic carbocycles. The van der Waals surface area contributed by atoms with Crippen molar-refractivity contribution in [1.82, 2.24) is 10.1 Å². The van der Waals surface area contributed by atoms with Gasteiger partial charge in [0.1, 0.15) is 0 Å². The Balaban J connectivity index is 2.31. The number of aliphatic hydroxyl groups excluding tert-OH is 1. The predicted molar refractivity (Wildman–Crippen MR) is 68.1 cm³/mol. The largest absolute Gasteiger partial charge is 0.394 e. The second-order valence-corrected chi connectivity index (χ2v) is 4.19. The second kappa shape index (κ2) is 5.16. The fourth-order valence-electron chi connectivity index (χ4n) is 1.50. The summed E-state index contributed by atoms with van der Waals surface area (Å²) in [5, 5.41) is 12.7. The number of nitrogens with two attached hydrogens (primary N) is 1. The third kappa shape index (κ3) is 2.49. The van der Waals surface area contributed by atoms with Gasteiger partial charge in [-0.25, -0.2) is 0 Å². The molecule has 0 fully saturated rings. The Morgan fingerprint density at radius 2 is 2.22 bits per heavy atom. The summed E-state index contributed by atoms with van der Waals surface area (Å²) >= 11 is 0. The van der Waals surface area contributed by atoms with Gasteiger partial charge in [0.05, 0.1) is 12.6 Å². The zero-order valence-corrected chi connectivity index (χ0v) is 10.4. The number of rotatable bonds is 4. The first-order chi connectivity index (χ1) is 8.61. The molecule has 0 saturated carbocycles. The lowest BCUT2D eigenvalue weighted by molar-refractivity contribution is 0.260. The van der Waals surface area contributed by atoms with E-state index in [4.69, 9.17) is 15.4 Å². The molecule has 0 amide bonds. The number of nitrogens with zero attached hydrogens (tertiary/aromatic N) is 3. The van der Waals surface area contributed by atoms with Gasteiger partial charge in [0.25, 0.3) is 5.89 Å². The molecule has 2 rings (SSSR count). The topological polar surface area (TPSA) is 88.4 Å². The van der Waals surface area contributed by atoms with Crippen molar-refractivity contribution in [2.24, 2.45) is 5.73 Å². The van der Waals surface area contributed by atoms with Gasteiger partial charge in [0, 0.05) is 25.3 Å². The van der Waals surface area contributed by atoms with Crippen LogP contribution in [0, 0.1) is 0 Å². The lowest BCUT2D eigenvalue weighted by Gasteiger charge is -2.12. The Hall–Kier alpha value is -1.92. The minimum atomic E-state index is -0.612. The summed E-state index contributed by atoms with van der Waals surface area (Å²) in [6.45, 7) is -0.212. The standard InChI is InChI=1S/C12H16N4O2/c1-16(2)9-5-3-4-8(6-9)12-14-11(15-18-12)10(13)7-17/h3-6,10,17H,7,13H2,1-2H3. The molecular weight excluding hydrogens is 232 g/mol. The highest BCUT2D eigenvalue weighted by Crippen LogP contribution is 2.23. The van der Waals surface area contributed by atoms with Gasteiger partial charge in [0.15, 0.2) is 5.82 Å². The first-order valence-electron chi connectivity index (χ1n) is 5.59. The van der Waals surface area contributed by atoms with Crippen LogP contribution in [0.3, 0.4) is 0 Å². The number of anilines is 1. The summed E-state index contributed by atoms with van der Waals surface area (Å²) in [6, 6.07) is 7.12. The minimum absolute atomic E-state index is 0.212. The molecule has 1 heterocycles. The average molecular weight is 248 g/mol. The highest BCUT2D eigenvalue weighted by atomic mass is 16.5. The Bertz CT molecular complexity index is 524. The molecule has 0 spiro atoms. The van der Waals surface area contributed by atoms with Crippen LogP contribution in [-0.4, -0.2) is 35.9 Å². The molecule has 0 radical (unpaired) electrons. The zero-order chi connectivity index (χ0) is 13.1. The summed E-state index contributed by atoms with van der Waals surface area (Å²) in [6.07, 6.45) is 0. The molecule has 0 bridgehead atoms. The van der Waals surface area contributed by atoms with E-state index in [2.05, 4.69) is 10.1 Å². The van der Waals surface area contributed by atoms with E-state index in [-0.39, 0.29) is 6.61 Å². The molecule has 1 aromatic carbocycles. The van der Waals surface area contributed by atoms with Crippen LogP contribution in [0.1, 0.15) is 11.9 Å². The molecule has 18 heavy (non-hydrogen) atoms. The molecule has 3 N–H and O–H groups in total. The summed E-state index contributed by atoms with van der Waals surface area (Å²) in [5.74, 6) is 0.709. The molecule has 1 atom stereocenters. The van der Waals surface area contributed by atoms with Crippen LogP contribution in [-0.2, 0) is 0 Å². The van der Waals surface area contributed by atoms with E-state index in [0.29, 0.717) is 11.7 Å². The van der Waals surface area contributed by atoms with Gasteiger partial charge in [-0.2, -0.15) is 4.98 Å². The maximum atomic E-state index is 8.93. The summed E-state index contributed by atoms with van der Waals surface area (Å²) in [4.78, 5) is 6.16. The Kier molecular flexibility index (Phi) is 3.59. The van der Waals surface area contributed by atoms with Crippen LogP contribution in [0.2, 0.25) is 0 Å². The summed E-state index contributed by atoms with van der Waals surface area (Å²) in [7, 11) is 3.92. The van der Waals surface area contributed by atoms with Crippen LogP contribution in [0.5, 0.6) is 0 Å². The van der Waals surface area contributed by atoms with Gasteiger partial charge in [-0.3, -0.25) is 0 Å². The molecule has 0 saturated heterocycles. The van der Waals surface area contributed by atoms with Crippen molar-refractivity contribution < 1.29 is 9.63 Å². The average Bonchev–Trinajstić information content (AvgIpc) is 2.87. The van der Waals surface area contributed by atoms with E-state index in [0.717, 1.165) is 11.3 Å². The Morgan fingerprint density at radius 3 is 2.89 bits per heavy atom. The zero-order valence-electron chi connectivity index (χ0n) is 10.4. The lowest BCUT2D eigenvalue weighted by atomic mass is 10.2. The van der Waals surface area contributed by atoms with Crippen LogP contribution in [0.25, 0.3) is 11.5 Å². The van der Waals surface area contributed by atoms with Crippen molar-refractivity contribution >= 4 is 5.69 Å². The van der Waals surface area contributed by atoms with Crippen molar-refractivity contribution in [1.29, 1.82) is 0 Å². The van der Waals surface area contributed by atoms with Crippen molar-refractivity contribution in [2.45, 2.75) is 6.04 Å². The second-order valence-electron chi connectivity index (χ2n) is 4.19. The van der Waals surface area contributed by atoms with Gasteiger partial charge < -0.3 is 20.3 Å². The Morgan fingerprint density at radius 1 is 1.44 bits per heavy atom. The number of aliphatic hydroxyl groups is 1. The van der Waals surface area contributed by atoms with Gasteiger partial charge in [-0.05, 0) is 18.2 Å². The van der Waals surface area contributed by atoms with Crippen LogP contribution in [0.15, 0.2) is 28.8 Å². The van der Waals surface area contributed by atoms with Gasteiger partial charge >= 0.3 is 0 Å². The highest BCUT2D eigenvalue weighted by molar-refractivity contribution is 5.61. The minimum Gasteiger partial charge on any atom is -0.394 e. The number of hydrogen-bond acceptors (Lipinski definition) is 6. The van der Waals surface area contributed by atoms with Gasteiger partial charge in [-0.1, -0.05) is 11.2 Å². The van der Waals surface area contributed by atoms with E-state index < -0.39 is 6.04 Å². The van der Waals surface area contributed by atoms with Crippen molar-refractivity contribution in [3.8, 4) is 11.5 Å². The molecular formula is C12H16N4O2. The van der Waals surface area contributed by atoms with Crippen LogP contribution < -0.4 is 10.6 Å². The monoisotopic (exact) mass is 248 g/mol. The highest BCUT2D eigenvalue weighted by Gasteiger charge is 2.14. The van der Waals surface area contributed by atoms with Gasteiger partial charge in [0.2, 0.25) is 0 Å². The lowest BCUT2D eigenvalue weighted by Crippen LogP contribution is -2.15. The number of hydrogen-bond donors (Lipinski definition) is 2. The summed E-state index contributed by atoms with van der Waals surface area (Å²) < 4.78 is 5.14. The van der Waals surface area contributed by atoms with Crippen LogP contribution >= 0.6 is 0 Å². The molecule has 2 aromatic rings. The first-order valence-corrected chi connectivity index (χ1v) is 5.59. The third-order valence-corrected chi connectivity index (χ3v) is 2.58. The van der Waals surface area contributed by atoms with E-state index in [1.807, 2.05) is 43.3 Å². The van der Waals surface area contributed by atoms with Gasteiger partial charge in [-0.15, -0.1) is 0 Å². The van der Waals surface area contributed by atoms with E-state index in [9.17, 15) is 0 Å². The smallest absolute Gasteiger partial charge is 0.258 e. The molecule has 6 heteroatoms. The number of aromatic nitrogens is 2. The molecule has 0 aliphatic heterocycles. The third-order valence-electron chi connectivity index (χ3n) is 2.58. The van der Waals surface area contributed by atoms with E-state index in [1.165, 1.54) is 0 Å². The van der Waals surface area contributed by atoms with Crippen molar-refractivity contribution in [2.75, 3.05) is 25.6 Å². The SMILES string of the molecule is CN(C)c1cccc(-c2nc(C(N)CO)no2)c1. The molecule has 6 nitrogen and oxygen atoms in total. The van der Waals surface area contributed by atoms with Crippen molar-refractivity contribution in [3.63, 3.8) is 0 Å². The van der Waals surface area contributed by atoms with Crippen molar-refractivity contribution in [3.05, 3.63) is 30.1 Å². The van der Waals surface area contributed by atoms with E-state index >= 15 is 0 Å². The number of benzene rings is 1. The first kappa shape index (κ1) is 12.5. The maximum absolute atomic E-state index is 8.93. The van der Waals surface area contributed by atoms with E-state index in [1.54, 1.807) is 0 Å². The fourth-order valence-corrected chi connectivity index (χ4v) is 1.50. The maximum Gasteiger partial charge on any atom is 0.258 e. The molecule has 0 aliphatic rings. The quantitative estimate of drug-likeness (QED) is 0.831. The normalized spacial score (nSPS) is 12.4. The fraction of sp³-hybridized carbons (Fsp3) is 0.333. The molecule has 1 unspecified atom stereocenters. The molecule has 1 aromatic heterocycles. The van der Waals surface area contributed by atoms with Crippen LogP contribution in [0.4, 0.5) is 5.69 Å². The Labute approximate surface area is 105 Å². The molecule has 96 valence electrons. The summed E-state index contributed by atoms with van der Waals surface area (Å²) in [5.41, 5.74) is 7.49. The predicted octanol–water partition coefficient (Wildman–Crippen LogP) is 0.795.